The van der Waals surface area contributed by atoms with Crippen molar-refractivity contribution in [3.05, 3.63) is 41.0 Å². The molecule has 0 amide bonds. The number of nitrogens with zero attached hydrogens (tertiary/aromatic N) is 1. The molecule has 0 N–H and O–H groups in total. The summed E-state index contributed by atoms with van der Waals surface area (Å²) in [5, 5.41) is 0. The predicted octanol–water partition coefficient (Wildman–Crippen LogP) is 4.60. The highest BCUT2D eigenvalue weighted by atomic mass is 16.1. The normalized spacial score (nSPS) is 12.4. The zero-order chi connectivity index (χ0) is 13.4. The molecule has 1 unspecified atom stereocenters. The number of benzene rings is 1. The summed E-state index contributed by atoms with van der Waals surface area (Å²) in [5.74, 6) is 0. The average molecular weight is 243 g/mol. The Bertz CT molecular complexity index is 456. The van der Waals surface area contributed by atoms with Crippen molar-refractivity contribution in [1.82, 2.24) is 0 Å². The van der Waals surface area contributed by atoms with E-state index in [2.05, 4.69) is 43.1 Å². The van der Waals surface area contributed by atoms with Crippen LogP contribution in [0.25, 0.3) is 6.08 Å². The van der Waals surface area contributed by atoms with Gasteiger partial charge in [-0.05, 0) is 31.4 Å². The molecule has 0 bridgehead atoms. The fraction of sp³-hybridized carbons (Fsp3) is 0.438. The van der Waals surface area contributed by atoms with Crippen LogP contribution in [0.1, 0.15) is 55.8 Å². The van der Waals surface area contributed by atoms with E-state index < -0.39 is 0 Å². The van der Waals surface area contributed by atoms with Crippen LogP contribution in [-0.4, -0.2) is 6.08 Å². The van der Waals surface area contributed by atoms with Gasteiger partial charge in [0, 0.05) is 0 Å². The summed E-state index contributed by atoms with van der Waals surface area (Å²) in [4.78, 5) is 14.1. The number of rotatable bonds is 6. The van der Waals surface area contributed by atoms with Crippen molar-refractivity contribution in [3.63, 3.8) is 0 Å². The molecule has 1 aromatic rings. The first-order valence-corrected chi connectivity index (χ1v) is 6.53. The molecule has 0 heterocycles. The maximum atomic E-state index is 10.4. The largest absolute Gasteiger partial charge is 0.235 e. The van der Waals surface area contributed by atoms with Crippen molar-refractivity contribution in [2.75, 3.05) is 0 Å². The van der Waals surface area contributed by atoms with Gasteiger partial charge < -0.3 is 0 Å². The molecule has 18 heavy (non-hydrogen) atoms. The Labute approximate surface area is 109 Å². The third-order valence-corrected chi connectivity index (χ3v) is 2.96. The first-order chi connectivity index (χ1) is 8.69. The third-order valence-electron chi connectivity index (χ3n) is 2.96. The van der Waals surface area contributed by atoms with Crippen molar-refractivity contribution in [3.8, 4) is 0 Å². The fourth-order valence-electron chi connectivity index (χ4n) is 1.90. The van der Waals surface area contributed by atoms with Crippen LogP contribution in [0.15, 0.2) is 29.3 Å². The molecule has 0 aliphatic heterocycles. The number of aryl methyl sites for hydroxylation is 1. The number of allylic oxidation sites excluding steroid dienone is 1. The van der Waals surface area contributed by atoms with Crippen LogP contribution in [-0.2, 0) is 4.79 Å². The zero-order valence-corrected chi connectivity index (χ0v) is 11.4. The first kappa shape index (κ1) is 14.4. The second-order valence-corrected chi connectivity index (χ2v) is 4.57. The highest BCUT2D eigenvalue weighted by Gasteiger charge is 2.07. The minimum absolute atomic E-state index is 0.131. The molecular formula is C16H21NO. The van der Waals surface area contributed by atoms with E-state index in [1.165, 1.54) is 18.4 Å². The van der Waals surface area contributed by atoms with E-state index in [0.717, 1.165) is 17.5 Å². The average Bonchev–Trinajstić information content (AvgIpc) is 2.35. The number of isocyanates is 1. The molecule has 1 rings (SSSR count). The van der Waals surface area contributed by atoms with Crippen LogP contribution in [0, 0.1) is 6.92 Å². The number of hydrogen-bond donors (Lipinski definition) is 0. The van der Waals surface area contributed by atoms with Crippen LogP contribution < -0.4 is 0 Å². The second-order valence-electron chi connectivity index (χ2n) is 4.57. The van der Waals surface area contributed by atoms with E-state index in [1.807, 2.05) is 13.0 Å². The minimum Gasteiger partial charge on any atom is -0.211 e. The van der Waals surface area contributed by atoms with E-state index in [4.69, 9.17) is 0 Å². The molecule has 1 atom stereocenters. The number of carbonyl (C=O) groups excluding carboxylic acids is 1. The Morgan fingerprint density at radius 3 is 2.89 bits per heavy atom. The summed E-state index contributed by atoms with van der Waals surface area (Å²) in [6.07, 6.45) is 9.47. The van der Waals surface area contributed by atoms with Gasteiger partial charge in [0.05, 0.1) is 6.04 Å². The van der Waals surface area contributed by atoms with Crippen LogP contribution in [0.2, 0.25) is 0 Å². The summed E-state index contributed by atoms with van der Waals surface area (Å²) in [5.41, 5.74) is 3.45. The quantitative estimate of drug-likeness (QED) is 0.408. The summed E-state index contributed by atoms with van der Waals surface area (Å²) in [6.45, 7) is 6.17. The summed E-state index contributed by atoms with van der Waals surface area (Å²) in [6, 6.07) is 6.10. The molecule has 0 aliphatic carbocycles. The molecule has 1 aromatic carbocycles. The lowest BCUT2D eigenvalue weighted by Crippen LogP contribution is -1.94. The van der Waals surface area contributed by atoms with Crippen molar-refractivity contribution in [2.45, 2.75) is 46.1 Å². The highest BCUT2D eigenvalue weighted by molar-refractivity contribution is 5.56. The topological polar surface area (TPSA) is 29.4 Å². The van der Waals surface area contributed by atoms with Gasteiger partial charge in [0.2, 0.25) is 6.08 Å². The lowest BCUT2D eigenvalue weighted by Gasteiger charge is -2.10. The van der Waals surface area contributed by atoms with Gasteiger partial charge >= 0.3 is 0 Å². The van der Waals surface area contributed by atoms with E-state index >= 15 is 0 Å². The standard InChI is InChI=1S/C16H21NO/c1-4-5-6-7-8-15-11-13(2)9-10-16(15)14(3)17-12-18/h7-11,14H,4-6H2,1-3H3/b8-7+. The molecule has 0 radical (unpaired) electrons. The zero-order valence-electron chi connectivity index (χ0n) is 11.4. The monoisotopic (exact) mass is 243 g/mol. The summed E-state index contributed by atoms with van der Waals surface area (Å²) in [7, 11) is 0. The van der Waals surface area contributed by atoms with Gasteiger partial charge in [-0.3, -0.25) is 0 Å². The molecule has 2 nitrogen and oxygen atoms in total. The molecule has 0 saturated carbocycles. The molecule has 0 aromatic heterocycles. The fourth-order valence-corrected chi connectivity index (χ4v) is 1.90. The lowest BCUT2D eigenvalue weighted by atomic mass is 9.99. The first-order valence-electron chi connectivity index (χ1n) is 6.53. The molecule has 0 aliphatic rings. The van der Waals surface area contributed by atoms with Crippen LogP contribution in [0.5, 0.6) is 0 Å². The Morgan fingerprint density at radius 1 is 1.44 bits per heavy atom. The molecule has 0 spiro atoms. The summed E-state index contributed by atoms with van der Waals surface area (Å²) < 4.78 is 0. The van der Waals surface area contributed by atoms with Gasteiger partial charge in [-0.15, -0.1) is 0 Å². The van der Waals surface area contributed by atoms with E-state index in [9.17, 15) is 4.79 Å². The van der Waals surface area contributed by atoms with Gasteiger partial charge in [-0.25, -0.2) is 4.79 Å². The second kappa shape index (κ2) is 7.62. The Balaban J connectivity index is 2.96. The Morgan fingerprint density at radius 2 is 2.22 bits per heavy atom. The van der Waals surface area contributed by atoms with Crippen LogP contribution in [0.3, 0.4) is 0 Å². The van der Waals surface area contributed by atoms with Gasteiger partial charge in [0.1, 0.15) is 0 Å². The van der Waals surface area contributed by atoms with Crippen molar-refractivity contribution >= 4 is 12.2 Å². The van der Waals surface area contributed by atoms with E-state index in [-0.39, 0.29) is 6.04 Å². The summed E-state index contributed by atoms with van der Waals surface area (Å²) >= 11 is 0. The van der Waals surface area contributed by atoms with E-state index in [1.54, 1.807) is 6.08 Å². The van der Waals surface area contributed by atoms with Gasteiger partial charge in [-0.2, -0.15) is 4.99 Å². The van der Waals surface area contributed by atoms with Gasteiger partial charge in [0.25, 0.3) is 0 Å². The van der Waals surface area contributed by atoms with Gasteiger partial charge in [0.15, 0.2) is 0 Å². The minimum atomic E-state index is -0.131. The number of unbranched alkanes of at least 4 members (excludes halogenated alkanes) is 2. The molecule has 0 fully saturated rings. The Hall–Kier alpha value is -1.66. The van der Waals surface area contributed by atoms with Crippen molar-refractivity contribution < 1.29 is 4.79 Å². The van der Waals surface area contributed by atoms with Crippen molar-refractivity contribution in [2.24, 2.45) is 4.99 Å². The highest BCUT2D eigenvalue weighted by Crippen LogP contribution is 2.23. The number of aliphatic imine (C=N–C) groups is 1. The SMILES string of the molecule is CCCC/C=C/c1cc(C)ccc1C(C)N=C=O. The lowest BCUT2D eigenvalue weighted by molar-refractivity contribution is 0.559. The van der Waals surface area contributed by atoms with Crippen molar-refractivity contribution in [1.29, 1.82) is 0 Å². The van der Waals surface area contributed by atoms with Gasteiger partial charge in [-0.1, -0.05) is 55.7 Å². The molecule has 96 valence electrons. The van der Waals surface area contributed by atoms with E-state index in [0.29, 0.717) is 0 Å². The maximum Gasteiger partial charge on any atom is 0.235 e. The maximum absolute atomic E-state index is 10.4. The predicted molar refractivity (Wildman–Crippen MR) is 76.3 cm³/mol. The molecule has 2 heteroatoms. The number of hydrogen-bond acceptors (Lipinski definition) is 2. The smallest absolute Gasteiger partial charge is 0.211 e. The van der Waals surface area contributed by atoms with Crippen LogP contribution in [0.4, 0.5) is 0 Å². The third kappa shape index (κ3) is 4.31. The molecular weight excluding hydrogens is 222 g/mol. The van der Waals surface area contributed by atoms with Crippen LogP contribution >= 0.6 is 0 Å². The molecule has 0 saturated heterocycles. The Kier molecular flexibility index (Phi) is 6.10.